The van der Waals surface area contributed by atoms with Crippen molar-refractivity contribution in [1.82, 2.24) is 4.98 Å². The van der Waals surface area contributed by atoms with Crippen LogP contribution in [0, 0.1) is 0 Å². The first-order chi connectivity index (χ1) is 9.47. The van der Waals surface area contributed by atoms with E-state index >= 15 is 0 Å². The van der Waals surface area contributed by atoms with Gasteiger partial charge in [0.15, 0.2) is 9.84 Å². The molecule has 2 aromatic rings. The maximum absolute atomic E-state index is 11.8. The number of anilines is 1. The van der Waals surface area contributed by atoms with E-state index in [9.17, 15) is 8.42 Å². The van der Waals surface area contributed by atoms with Crippen LogP contribution in [-0.4, -0.2) is 37.5 Å². The molecule has 1 saturated heterocycles. The Morgan fingerprint density at radius 3 is 2.90 bits per heavy atom. The molecule has 0 N–H and O–H groups in total. The molecule has 0 bridgehead atoms. The van der Waals surface area contributed by atoms with E-state index in [2.05, 4.69) is 9.88 Å². The molecule has 1 fully saturated rings. The highest BCUT2D eigenvalue weighted by Crippen LogP contribution is 2.29. The molecule has 0 aliphatic carbocycles. The summed E-state index contributed by atoms with van der Waals surface area (Å²) in [6, 6.07) is 7.53. The number of rotatable bonds is 1. The molecule has 1 atom stereocenters. The monoisotopic (exact) mass is 310 g/mol. The summed E-state index contributed by atoms with van der Waals surface area (Å²) in [7, 11) is -2.94. The normalized spacial score (nSPS) is 22.1. The van der Waals surface area contributed by atoms with E-state index in [-0.39, 0.29) is 11.0 Å². The zero-order chi connectivity index (χ0) is 14.3. The van der Waals surface area contributed by atoms with E-state index in [1.165, 1.54) is 0 Å². The number of halogens is 1. The standard InChI is InChI=1S/C14H15ClN2O2S/c1-10-9-17(6-7-20(10,18)19)14-4-5-16-13-8-11(15)2-3-12(13)14/h2-5,8,10H,6-7,9H2,1H3. The molecule has 1 aliphatic rings. The molecule has 0 amide bonds. The zero-order valence-electron chi connectivity index (χ0n) is 11.1. The van der Waals surface area contributed by atoms with Crippen molar-refractivity contribution >= 4 is 38.0 Å². The van der Waals surface area contributed by atoms with Crippen molar-refractivity contribution in [2.75, 3.05) is 23.7 Å². The van der Waals surface area contributed by atoms with Gasteiger partial charge >= 0.3 is 0 Å². The molecule has 20 heavy (non-hydrogen) atoms. The number of fused-ring (bicyclic) bond motifs is 1. The summed E-state index contributed by atoms with van der Waals surface area (Å²) in [5, 5.41) is 1.31. The molecule has 1 aromatic heterocycles. The lowest BCUT2D eigenvalue weighted by molar-refractivity contribution is 0.569. The number of nitrogens with zero attached hydrogens (tertiary/aromatic N) is 2. The van der Waals surface area contributed by atoms with E-state index in [1.54, 1.807) is 13.1 Å². The van der Waals surface area contributed by atoms with E-state index < -0.39 is 9.84 Å². The third-order valence-corrected chi connectivity index (χ3v) is 6.12. The van der Waals surface area contributed by atoms with E-state index in [4.69, 9.17) is 11.6 Å². The summed E-state index contributed by atoms with van der Waals surface area (Å²) in [5.41, 5.74) is 1.85. The van der Waals surface area contributed by atoms with Crippen LogP contribution in [-0.2, 0) is 9.84 Å². The highest BCUT2D eigenvalue weighted by molar-refractivity contribution is 7.92. The van der Waals surface area contributed by atoms with Crippen LogP contribution in [0.2, 0.25) is 5.02 Å². The van der Waals surface area contributed by atoms with Crippen LogP contribution in [0.1, 0.15) is 6.92 Å². The average Bonchev–Trinajstić information content (AvgIpc) is 2.41. The van der Waals surface area contributed by atoms with Gasteiger partial charge in [0.05, 0.1) is 16.5 Å². The van der Waals surface area contributed by atoms with Crippen molar-refractivity contribution in [2.24, 2.45) is 0 Å². The Morgan fingerprint density at radius 2 is 2.15 bits per heavy atom. The molecule has 0 spiro atoms. The van der Waals surface area contributed by atoms with Crippen LogP contribution in [0.5, 0.6) is 0 Å². The number of hydrogen-bond donors (Lipinski definition) is 0. The fourth-order valence-corrected chi connectivity index (χ4v) is 4.01. The Bertz CT molecular complexity index is 761. The predicted octanol–water partition coefficient (Wildman–Crippen LogP) is 2.51. The maximum Gasteiger partial charge on any atom is 0.156 e. The molecule has 1 unspecified atom stereocenters. The lowest BCUT2D eigenvalue weighted by Crippen LogP contribution is -2.45. The van der Waals surface area contributed by atoms with Crippen LogP contribution < -0.4 is 4.90 Å². The highest BCUT2D eigenvalue weighted by Gasteiger charge is 2.30. The molecule has 2 heterocycles. The average molecular weight is 311 g/mol. The lowest BCUT2D eigenvalue weighted by Gasteiger charge is -2.33. The molecule has 106 valence electrons. The van der Waals surface area contributed by atoms with Crippen molar-refractivity contribution in [3.63, 3.8) is 0 Å². The van der Waals surface area contributed by atoms with Crippen molar-refractivity contribution in [1.29, 1.82) is 0 Å². The first-order valence-electron chi connectivity index (χ1n) is 6.48. The van der Waals surface area contributed by atoms with Gasteiger partial charge in [0.25, 0.3) is 0 Å². The molecule has 3 rings (SSSR count). The maximum atomic E-state index is 11.8. The summed E-state index contributed by atoms with van der Waals surface area (Å²) in [6.07, 6.45) is 1.74. The first-order valence-corrected chi connectivity index (χ1v) is 8.57. The second-order valence-electron chi connectivity index (χ2n) is 5.12. The van der Waals surface area contributed by atoms with Gasteiger partial charge in [0, 0.05) is 35.4 Å². The summed E-state index contributed by atoms with van der Waals surface area (Å²) in [5.74, 6) is 0.200. The molecule has 0 radical (unpaired) electrons. The number of pyridine rings is 1. The van der Waals surface area contributed by atoms with Crippen molar-refractivity contribution in [3.05, 3.63) is 35.5 Å². The van der Waals surface area contributed by atoms with Crippen LogP contribution >= 0.6 is 11.6 Å². The highest BCUT2D eigenvalue weighted by atomic mass is 35.5. The number of sulfone groups is 1. The second-order valence-corrected chi connectivity index (χ2v) is 8.09. The summed E-state index contributed by atoms with van der Waals surface area (Å²) in [6.45, 7) is 2.81. The predicted molar refractivity (Wildman–Crippen MR) is 82.2 cm³/mol. The van der Waals surface area contributed by atoms with Gasteiger partial charge in [-0.05, 0) is 31.2 Å². The minimum Gasteiger partial charge on any atom is -0.369 e. The van der Waals surface area contributed by atoms with Gasteiger partial charge in [-0.3, -0.25) is 4.98 Å². The second kappa shape index (κ2) is 4.90. The summed E-state index contributed by atoms with van der Waals surface area (Å²) in [4.78, 5) is 6.43. The van der Waals surface area contributed by atoms with Crippen molar-refractivity contribution < 1.29 is 8.42 Å². The number of aromatic nitrogens is 1. The quantitative estimate of drug-likeness (QED) is 0.812. The van der Waals surface area contributed by atoms with Crippen LogP contribution in [0.3, 0.4) is 0 Å². The Balaban J connectivity index is 2.03. The molecule has 1 aliphatic heterocycles. The Hall–Kier alpha value is -1.33. The van der Waals surface area contributed by atoms with Gasteiger partial charge in [0.2, 0.25) is 0 Å². The minimum atomic E-state index is -2.94. The molecule has 0 saturated carbocycles. The van der Waals surface area contributed by atoms with Crippen LogP contribution in [0.4, 0.5) is 5.69 Å². The fourth-order valence-electron chi connectivity index (χ4n) is 2.55. The van der Waals surface area contributed by atoms with Crippen LogP contribution in [0.25, 0.3) is 10.9 Å². The van der Waals surface area contributed by atoms with Gasteiger partial charge < -0.3 is 4.90 Å². The molecule has 1 aromatic carbocycles. The summed E-state index contributed by atoms with van der Waals surface area (Å²) < 4.78 is 23.6. The van der Waals surface area contributed by atoms with Crippen LogP contribution in [0.15, 0.2) is 30.5 Å². The molecular weight excluding hydrogens is 296 g/mol. The first kappa shape index (κ1) is 13.6. The number of benzene rings is 1. The number of hydrogen-bond acceptors (Lipinski definition) is 4. The van der Waals surface area contributed by atoms with E-state index in [0.29, 0.717) is 18.1 Å². The summed E-state index contributed by atoms with van der Waals surface area (Å²) >= 11 is 5.98. The van der Waals surface area contributed by atoms with Gasteiger partial charge in [0.1, 0.15) is 0 Å². The molecule has 4 nitrogen and oxygen atoms in total. The van der Waals surface area contributed by atoms with Gasteiger partial charge in [-0.25, -0.2) is 8.42 Å². The smallest absolute Gasteiger partial charge is 0.156 e. The lowest BCUT2D eigenvalue weighted by atomic mass is 10.1. The zero-order valence-corrected chi connectivity index (χ0v) is 12.7. The van der Waals surface area contributed by atoms with Gasteiger partial charge in [-0.15, -0.1) is 0 Å². The topological polar surface area (TPSA) is 50.3 Å². The van der Waals surface area contributed by atoms with E-state index in [0.717, 1.165) is 16.6 Å². The van der Waals surface area contributed by atoms with Crippen molar-refractivity contribution in [3.8, 4) is 0 Å². The van der Waals surface area contributed by atoms with Crippen molar-refractivity contribution in [2.45, 2.75) is 12.2 Å². The molecule has 6 heteroatoms. The third-order valence-electron chi connectivity index (χ3n) is 3.76. The van der Waals surface area contributed by atoms with Gasteiger partial charge in [-0.2, -0.15) is 0 Å². The Morgan fingerprint density at radius 1 is 1.35 bits per heavy atom. The fraction of sp³-hybridized carbons (Fsp3) is 0.357. The Kier molecular flexibility index (Phi) is 3.34. The SMILES string of the molecule is CC1CN(c2ccnc3cc(Cl)ccc23)CCS1(=O)=O. The van der Waals surface area contributed by atoms with Gasteiger partial charge in [-0.1, -0.05) is 11.6 Å². The minimum absolute atomic E-state index is 0.200. The molecular formula is C14H15ClN2O2S. The largest absolute Gasteiger partial charge is 0.369 e. The third kappa shape index (κ3) is 2.36. The van der Waals surface area contributed by atoms with E-state index in [1.807, 2.05) is 24.3 Å². The Labute approximate surface area is 123 Å².